The molecule has 1 amide bonds. The highest BCUT2D eigenvalue weighted by molar-refractivity contribution is 6.32. The number of amides is 1. The summed E-state index contributed by atoms with van der Waals surface area (Å²) < 4.78 is 5.42. The van der Waals surface area contributed by atoms with Crippen molar-refractivity contribution in [2.75, 3.05) is 30.2 Å². The van der Waals surface area contributed by atoms with Crippen molar-refractivity contribution in [2.45, 2.75) is 13.5 Å². The van der Waals surface area contributed by atoms with Crippen LogP contribution >= 0.6 is 11.6 Å². The van der Waals surface area contributed by atoms with Gasteiger partial charge in [-0.25, -0.2) is 9.97 Å². The molecule has 0 spiro atoms. The summed E-state index contributed by atoms with van der Waals surface area (Å²) in [7, 11) is 3.12. The zero-order valence-electron chi connectivity index (χ0n) is 17.3. The summed E-state index contributed by atoms with van der Waals surface area (Å²) in [5.41, 5.74) is 5.79. The second-order valence-electron chi connectivity index (χ2n) is 6.63. The summed E-state index contributed by atoms with van der Waals surface area (Å²) >= 11 is 6.25. The van der Waals surface area contributed by atoms with Crippen molar-refractivity contribution in [3.8, 4) is 5.75 Å². The lowest BCUT2D eigenvalue weighted by Gasteiger charge is -2.20. The third-order valence-corrected chi connectivity index (χ3v) is 4.71. The molecule has 0 radical (unpaired) electrons. The number of pyridine rings is 2. The average Bonchev–Trinajstić information content (AvgIpc) is 2.77. The molecule has 0 saturated carbocycles. The molecule has 2 aromatic heterocycles. The molecule has 2 heterocycles. The Morgan fingerprint density at radius 1 is 1.19 bits per heavy atom. The molecule has 0 aliphatic rings. The molecule has 0 unspecified atom stereocenters. The summed E-state index contributed by atoms with van der Waals surface area (Å²) in [5.74, 6) is 1.95. The Bertz CT molecular complexity index is 1080. The molecule has 162 valence electrons. The number of hydrazine groups is 1. The highest BCUT2D eigenvalue weighted by Crippen LogP contribution is 2.37. The van der Waals surface area contributed by atoms with Crippen LogP contribution in [0.3, 0.4) is 0 Å². The van der Waals surface area contributed by atoms with Crippen molar-refractivity contribution >= 4 is 46.8 Å². The number of halogens is 1. The van der Waals surface area contributed by atoms with E-state index in [1.165, 1.54) is 5.01 Å². The number of ether oxygens (including phenoxy) is 1. The quantitative estimate of drug-likeness (QED) is 0.292. The van der Waals surface area contributed by atoms with Crippen LogP contribution in [0.4, 0.5) is 28.8 Å². The molecule has 4 N–H and O–H groups in total. The van der Waals surface area contributed by atoms with Gasteiger partial charge in [-0.3, -0.25) is 15.2 Å². The first-order valence-corrected chi connectivity index (χ1v) is 9.71. The number of aliphatic hydroxyl groups is 1. The summed E-state index contributed by atoms with van der Waals surface area (Å²) in [5, 5.41) is 17.5. The minimum Gasteiger partial charge on any atom is -0.493 e. The SMILES string of the molecule is COc1c(Cl)cccc1Nc1cc(Nc2cc(CO)ccn2)nc(NN(C)C=O)c1C. The topological polar surface area (TPSA) is 112 Å². The number of anilines is 5. The van der Waals surface area contributed by atoms with Crippen LogP contribution in [0.2, 0.25) is 5.02 Å². The average molecular weight is 443 g/mol. The number of aliphatic hydroxyl groups excluding tert-OH is 1. The van der Waals surface area contributed by atoms with Gasteiger partial charge in [0.2, 0.25) is 6.41 Å². The second-order valence-corrected chi connectivity index (χ2v) is 7.04. The van der Waals surface area contributed by atoms with E-state index in [2.05, 4.69) is 26.0 Å². The molecule has 3 rings (SSSR count). The highest BCUT2D eigenvalue weighted by atomic mass is 35.5. The van der Waals surface area contributed by atoms with E-state index in [1.807, 2.05) is 19.1 Å². The van der Waals surface area contributed by atoms with Crippen LogP contribution in [0.15, 0.2) is 42.6 Å². The minimum atomic E-state index is -0.100. The molecule has 0 aliphatic carbocycles. The summed E-state index contributed by atoms with van der Waals surface area (Å²) in [6.07, 6.45) is 2.23. The molecule has 9 nitrogen and oxygen atoms in total. The number of carbonyl (C=O) groups excluding carboxylic acids is 1. The Hall–Kier alpha value is -3.56. The van der Waals surface area contributed by atoms with Gasteiger partial charge in [-0.15, -0.1) is 0 Å². The fourth-order valence-corrected chi connectivity index (χ4v) is 3.09. The predicted octanol–water partition coefficient (Wildman–Crippen LogP) is 3.84. The normalized spacial score (nSPS) is 10.4. The van der Waals surface area contributed by atoms with Crippen molar-refractivity contribution in [1.29, 1.82) is 0 Å². The highest BCUT2D eigenvalue weighted by Gasteiger charge is 2.14. The maximum atomic E-state index is 11.1. The largest absolute Gasteiger partial charge is 0.493 e. The summed E-state index contributed by atoms with van der Waals surface area (Å²) in [4.78, 5) is 19.9. The number of aromatic nitrogens is 2. The van der Waals surface area contributed by atoms with E-state index >= 15 is 0 Å². The summed E-state index contributed by atoms with van der Waals surface area (Å²) in [6, 6.07) is 10.6. The van der Waals surface area contributed by atoms with Gasteiger partial charge in [-0.1, -0.05) is 17.7 Å². The number of hydrogen-bond acceptors (Lipinski definition) is 8. The number of nitrogens with zero attached hydrogens (tertiary/aromatic N) is 3. The minimum absolute atomic E-state index is 0.100. The Balaban J connectivity index is 2.02. The van der Waals surface area contributed by atoms with E-state index in [1.54, 1.807) is 44.6 Å². The van der Waals surface area contributed by atoms with E-state index in [4.69, 9.17) is 16.3 Å². The molecular weight excluding hydrogens is 420 g/mol. The molecule has 0 bridgehead atoms. The number of hydrogen-bond donors (Lipinski definition) is 4. The van der Waals surface area contributed by atoms with Gasteiger partial charge in [0.05, 0.1) is 24.4 Å². The predicted molar refractivity (Wildman–Crippen MR) is 121 cm³/mol. The Morgan fingerprint density at radius 3 is 2.71 bits per heavy atom. The monoisotopic (exact) mass is 442 g/mol. The van der Waals surface area contributed by atoms with Crippen LogP contribution in [0.5, 0.6) is 5.75 Å². The smallest absolute Gasteiger partial charge is 0.227 e. The van der Waals surface area contributed by atoms with Crippen molar-refractivity contribution < 1.29 is 14.6 Å². The van der Waals surface area contributed by atoms with Crippen molar-refractivity contribution in [3.63, 3.8) is 0 Å². The van der Waals surface area contributed by atoms with Crippen molar-refractivity contribution in [1.82, 2.24) is 15.0 Å². The van der Waals surface area contributed by atoms with Crippen molar-refractivity contribution in [2.24, 2.45) is 0 Å². The van der Waals surface area contributed by atoms with Gasteiger partial charge in [-0.05, 0) is 36.8 Å². The van der Waals surface area contributed by atoms with E-state index in [0.717, 1.165) is 5.56 Å². The van der Waals surface area contributed by atoms with Gasteiger partial charge in [0.1, 0.15) is 11.6 Å². The molecular formula is C21H23ClN6O3. The Labute approximate surface area is 185 Å². The third kappa shape index (κ3) is 5.33. The lowest BCUT2D eigenvalue weighted by Crippen LogP contribution is -2.24. The molecule has 0 fully saturated rings. The first-order valence-electron chi connectivity index (χ1n) is 9.34. The standard InChI is InChI=1S/C21H23ClN6O3/c1-13-17(24-16-6-4-5-15(22)20(16)31-3)10-19(26-21(13)27-28(2)12-30)25-18-9-14(11-29)7-8-23-18/h4-10,12,29H,11H2,1-3H3,(H3,23,24,25,26,27). The van der Waals surface area contributed by atoms with Crippen LogP contribution in [0.25, 0.3) is 0 Å². The van der Waals surface area contributed by atoms with Crippen molar-refractivity contribution in [3.05, 3.63) is 58.7 Å². The van der Waals surface area contributed by atoms with Crippen LogP contribution in [-0.2, 0) is 11.4 Å². The number of methoxy groups -OCH3 is 1. The molecule has 3 aromatic rings. The molecule has 1 aromatic carbocycles. The lowest BCUT2D eigenvalue weighted by atomic mass is 10.2. The van der Waals surface area contributed by atoms with Gasteiger partial charge in [0, 0.05) is 30.6 Å². The molecule has 0 aliphatic heterocycles. The van der Waals surface area contributed by atoms with Gasteiger partial charge in [0.25, 0.3) is 0 Å². The van der Waals surface area contributed by atoms with Crippen LogP contribution in [0, 0.1) is 6.92 Å². The zero-order chi connectivity index (χ0) is 22.4. The molecule has 31 heavy (non-hydrogen) atoms. The Kier molecular flexibility index (Phi) is 7.11. The van der Waals surface area contributed by atoms with Crippen LogP contribution in [-0.4, -0.2) is 40.7 Å². The van der Waals surface area contributed by atoms with E-state index in [9.17, 15) is 9.90 Å². The summed E-state index contributed by atoms with van der Waals surface area (Å²) in [6.45, 7) is 1.76. The van der Waals surface area contributed by atoms with E-state index in [-0.39, 0.29) is 6.61 Å². The maximum Gasteiger partial charge on any atom is 0.227 e. The Morgan fingerprint density at radius 2 is 2.00 bits per heavy atom. The third-order valence-electron chi connectivity index (χ3n) is 4.42. The number of rotatable bonds is 9. The second kappa shape index (κ2) is 9.96. The fourth-order valence-electron chi connectivity index (χ4n) is 2.84. The number of nitrogens with one attached hydrogen (secondary N) is 3. The molecule has 10 heteroatoms. The molecule has 0 atom stereocenters. The first-order chi connectivity index (χ1) is 14.9. The molecule has 0 saturated heterocycles. The van der Waals surface area contributed by atoms with Gasteiger partial charge in [-0.2, -0.15) is 0 Å². The zero-order valence-corrected chi connectivity index (χ0v) is 18.1. The van der Waals surface area contributed by atoms with Crippen LogP contribution in [0.1, 0.15) is 11.1 Å². The maximum absolute atomic E-state index is 11.1. The van der Waals surface area contributed by atoms with Gasteiger partial charge in [0.15, 0.2) is 11.6 Å². The van der Waals surface area contributed by atoms with E-state index in [0.29, 0.717) is 51.6 Å². The number of para-hydroxylation sites is 1. The lowest BCUT2D eigenvalue weighted by molar-refractivity contribution is -0.115. The van der Waals surface area contributed by atoms with Crippen LogP contribution < -0.4 is 20.8 Å². The van der Waals surface area contributed by atoms with E-state index < -0.39 is 0 Å². The van der Waals surface area contributed by atoms with Gasteiger partial charge < -0.3 is 20.5 Å². The fraction of sp³-hybridized carbons (Fsp3) is 0.190. The number of benzene rings is 1. The van der Waals surface area contributed by atoms with Gasteiger partial charge >= 0.3 is 0 Å². The number of carbonyl (C=O) groups is 1. The first kappa shape index (κ1) is 22.1.